The second-order valence-electron chi connectivity index (χ2n) is 1.49. The van der Waals surface area contributed by atoms with Crippen molar-refractivity contribution < 1.29 is 4.68 Å². The van der Waals surface area contributed by atoms with Crippen LogP contribution in [0.5, 0.6) is 0 Å². The lowest BCUT2D eigenvalue weighted by Gasteiger charge is -1.75. The first-order valence-corrected chi connectivity index (χ1v) is 2.16. The average Bonchev–Trinajstić information content (AvgIpc) is 1.91. The molecular weight excluding hydrogens is 90.1 g/mol. The average molecular weight is 98.1 g/mol. The summed E-state index contributed by atoms with van der Waals surface area (Å²) >= 11 is 0. The largest absolute Gasteiger partial charge is 0.315 e. The smallest absolute Gasteiger partial charge is 0.194 e. The first-order chi connectivity index (χ1) is 3.30. The molecule has 0 unspecified atom stereocenters. The Hall–Kier alpha value is -0.860. The molecule has 0 aliphatic heterocycles. The molecule has 1 aromatic heterocycles. The molecule has 3 heteroatoms. The standard InChI is InChI=1S/C4H7N3/c1-4-5-3-6-7(4)2/h3H,1-2H3/p+1. The molecule has 0 radical (unpaired) electrons. The molecule has 7 heavy (non-hydrogen) atoms. The molecule has 0 saturated carbocycles. The van der Waals surface area contributed by atoms with E-state index in [0.717, 1.165) is 5.82 Å². The van der Waals surface area contributed by atoms with E-state index in [0.29, 0.717) is 0 Å². The lowest BCUT2D eigenvalue weighted by molar-refractivity contribution is -0.733. The van der Waals surface area contributed by atoms with Gasteiger partial charge in [-0.3, -0.25) is 0 Å². The van der Waals surface area contributed by atoms with Crippen molar-refractivity contribution in [2.45, 2.75) is 6.92 Å². The number of hydrogen-bond acceptors (Lipinski definition) is 1. The van der Waals surface area contributed by atoms with Crippen molar-refractivity contribution in [1.29, 1.82) is 0 Å². The zero-order valence-electron chi connectivity index (χ0n) is 4.47. The number of aromatic nitrogens is 3. The van der Waals surface area contributed by atoms with Gasteiger partial charge >= 0.3 is 5.82 Å². The lowest BCUT2D eigenvalue weighted by Crippen LogP contribution is -2.32. The molecule has 0 bridgehead atoms. The monoisotopic (exact) mass is 98.1 g/mol. The Labute approximate surface area is 42.0 Å². The molecule has 3 nitrogen and oxygen atoms in total. The van der Waals surface area contributed by atoms with E-state index in [4.69, 9.17) is 0 Å². The maximum absolute atomic E-state index is 3.92. The molecule has 1 aromatic rings. The second-order valence-corrected chi connectivity index (χ2v) is 1.49. The minimum atomic E-state index is 1.00. The Bertz CT molecular complexity index is 139. The van der Waals surface area contributed by atoms with E-state index in [1.807, 2.05) is 18.7 Å². The molecule has 1 N–H and O–H groups in total. The SMILES string of the molecule is Cc1nc[nH][n+]1C. The van der Waals surface area contributed by atoms with Crippen molar-refractivity contribution in [3.05, 3.63) is 12.2 Å². The molecule has 0 saturated heterocycles. The highest BCUT2D eigenvalue weighted by atomic mass is 15.3. The Morgan fingerprint density at radius 3 is 2.71 bits per heavy atom. The fraction of sp³-hybridized carbons (Fsp3) is 0.500. The van der Waals surface area contributed by atoms with Gasteiger partial charge in [-0.25, -0.2) is 0 Å². The van der Waals surface area contributed by atoms with Gasteiger partial charge in [0.05, 0.1) is 0 Å². The van der Waals surface area contributed by atoms with Gasteiger partial charge < -0.3 is 0 Å². The van der Waals surface area contributed by atoms with Gasteiger partial charge in [0.15, 0.2) is 0 Å². The Morgan fingerprint density at radius 2 is 2.57 bits per heavy atom. The highest BCUT2D eigenvalue weighted by Crippen LogP contribution is 1.70. The van der Waals surface area contributed by atoms with E-state index in [-0.39, 0.29) is 0 Å². The normalized spacial score (nSPS) is 9.43. The summed E-state index contributed by atoms with van der Waals surface area (Å²) in [4.78, 5) is 3.92. The summed E-state index contributed by atoms with van der Waals surface area (Å²) in [6.07, 6.45) is 1.66. The summed E-state index contributed by atoms with van der Waals surface area (Å²) in [5.74, 6) is 1.00. The highest BCUT2D eigenvalue weighted by molar-refractivity contribution is 4.60. The van der Waals surface area contributed by atoms with E-state index in [2.05, 4.69) is 10.1 Å². The van der Waals surface area contributed by atoms with Gasteiger partial charge in [-0.2, -0.15) is 9.78 Å². The van der Waals surface area contributed by atoms with Gasteiger partial charge in [0.25, 0.3) is 0 Å². The number of hydrogen-bond donors (Lipinski definition) is 1. The Balaban J connectivity index is 3.12. The van der Waals surface area contributed by atoms with Crippen LogP contribution in [-0.2, 0) is 7.05 Å². The number of aromatic amines is 1. The molecule has 0 aromatic carbocycles. The van der Waals surface area contributed by atoms with Crippen LogP contribution in [0.25, 0.3) is 0 Å². The molecule has 1 rings (SSSR count). The van der Waals surface area contributed by atoms with Crippen LogP contribution in [0.15, 0.2) is 6.33 Å². The van der Waals surface area contributed by atoms with E-state index in [1.165, 1.54) is 0 Å². The van der Waals surface area contributed by atoms with E-state index in [9.17, 15) is 0 Å². The fourth-order valence-corrected chi connectivity index (χ4v) is 0.389. The summed E-state index contributed by atoms with van der Waals surface area (Å²) in [6.45, 7) is 1.94. The number of nitrogens with one attached hydrogen (secondary N) is 1. The molecular formula is C4H8N3+. The van der Waals surface area contributed by atoms with Gasteiger partial charge in [-0.1, -0.05) is 0 Å². The van der Waals surface area contributed by atoms with Crippen LogP contribution < -0.4 is 4.68 Å². The molecule has 1 heterocycles. The van der Waals surface area contributed by atoms with Crippen LogP contribution in [0.2, 0.25) is 0 Å². The maximum Gasteiger partial charge on any atom is 0.315 e. The summed E-state index contributed by atoms with van der Waals surface area (Å²) in [6, 6.07) is 0. The molecule has 0 spiro atoms. The number of H-pyrrole nitrogens is 1. The zero-order chi connectivity index (χ0) is 5.28. The minimum absolute atomic E-state index is 1.00. The van der Waals surface area contributed by atoms with Crippen LogP contribution >= 0.6 is 0 Å². The molecule has 0 atom stereocenters. The first-order valence-electron chi connectivity index (χ1n) is 2.16. The fourth-order valence-electron chi connectivity index (χ4n) is 0.389. The third kappa shape index (κ3) is 0.607. The molecule has 0 fully saturated rings. The van der Waals surface area contributed by atoms with Crippen molar-refractivity contribution in [1.82, 2.24) is 10.1 Å². The van der Waals surface area contributed by atoms with Crippen molar-refractivity contribution in [2.75, 3.05) is 0 Å². The predicted molar refractivity (Wildman–Crippen MR) is 24.5 cm³/mol. The maximum atomic E-state index is 3.92. The third-order valence-electron chi connectivity index (χ3n) is 0.988. The van der Waals surface area contributed by atoms with Gasteiger partial charge in [-0.15, -0.1) is 0 Å². The summed E-state index contributed by atoms with van der Waals surface area (Å²) in [5, 5.41) is 2.87. The Kier molecular flexibility index (Phi) is 0.817. The summed E-state index contributed by atoms with van der Waals surface area (Å²) in [7, 11) is 1.92. The highest BCUT2D eigenvalue weighted by Gasteiger charge is 1.97. The van der Waals surface area contributed by atoms with Crippen molar-refractivity contribution >= 4 is 0 Å². The van der Waals surface area contributed by atoms with Gasteiger partial charge in [0.1, 0.15) is 7.05 Å². The molecule has 0 aliphatic rings. The van der Waals surface area contributed by atoms with E-state index < -0.39 is 0 Å². The quantitative estimate of drug-likeness (QED) is 0.438. The van der Waals surface area contributed by atoms with Crippen LogP contribution in [0.3, 0.4) is 0 Å². The van der Waals surface area contributed by atoms with Crippen molar-refractivity contribution in [3.8, 4) is 0 Å². The van der Waals surface area contributed by atoms with Crippen molar-refractivity contribution in [2.24, 2.45) is 7.05 Å². The lowest BCUT2D eigenvalue weighted by atomic mass is 10.7. The first kappa shape index (κ1) is 4.30. The van der Waals surface area contributed by atoms with E-state index >= 15 is 0 Å². The van der Waals surface area contributed by atoms with Crippen molar-refractivity contribution in [3.63, 3.8) is 0 Å². The zero-order valence-corrected chi connectivity index (χ0v) is 4.47. The van der Waals surface area contributed by atoms with Crippen LogP contribution in [0.4, 0.5) is 0 Å². The third-order valence-corrected chi connectivity index (χ3v) is 0.988. The molecule has 0 aliphatic carbocycles. The number of rotatable bonds is 0. The predicted octanol–water partition coefficient (Wildman–Crippen LogP) is -0.457. The second kappa shape index (κ2) is 1.33. The van der Waals surface area contributed by atoms with Gasteiger partial charge in [0, 0.05) is 6.92 Å². The van der Waals surface area contributed by atoms with Crippen LogP contribution in [0, 0.1) is 6.92 Å². The topological polar surface area (TPSA) is 32.6 Å². The van der Waals surface area contributed by atoms with Gasteiger partial charge in [-0.05, 0) is 4.98 Å². The van der Waals surface area contributed by atoms with Crippen LogP contribution in [0.1, 0.15) is 5.82 Å². The Morgan fingerprint density at radius 1 is 1.86 bits per heavy atom. The summed E-state index contributed by atoms with van der Waals surface area (Å²) < 4.78 is 1.85. The van der Waals surface area contributed by atoms with E-state index in [1.54, 1.807) is 6.33 Å². The number of nitrogens with zero attached hydrogens (tertiary/aromatic N) is 2. The molecule has 38 valence electrons. The molecule has 0 amide bonds. The summed E-state index contributed by atoms with van der Waals surface area (Å²) in [5.41, 5.74) is 0. The van der Waals surface area contributed by atoms with Gasteiger partial charge in [0.2, 0.25) is 6.33 Å². The number of aryl methyl sites for hydroxylation is 2. The van der Waals surface area contributed by atoms with Crippen LogP contribution in [-0.4, -0.2) is 10.1 Å². The minimum Gasteiger partial charge on any atom is -0.194 e.